The average Bonchev–Trinajstić information content (AvgIpc) is 3.39. The minimum atomic E-state index is -4.45. The summed E-state index contributed by atoms with van der Waals surface area (Å²) in [4.78, 5) is 28.1. The molecule has 2 fully saturated rings. The van der Waals surface area contributed by atoms with Crippen LogP contribution in [0.15, 0.2) is 40.4 Å². The Balaban J connectivity index is 1.21. The van der Waals surface area contributed by atoms with Crippen LogP contribution in [0.5, 0.6) is 0 Å². The summed E-state index contributed by atoms with van der Waals surface area (Å²) in [7, 11) is 0. The molecule has 2 aromatic heterocycles. The van der Waals surface area contributed by atoms with Gasteiger partial charge < -0.3 is 19.9 Å². The number of H-pyrrole nitrogens is 1. The quantitative estimate of drug-likeness (QED) is 0.421. The zero-order valence-electron chi connectivity index (χ0n) is 21.2. The molecule has 1 aromatic carbocycles. The fourth-order valence-electron chi connectivity index (χ4n) is 4.98. The fraction of sp³-hybridized carbons (Fsp3) is 0.440. The average molecular weight is 561 g/mol. The van der Waals surface area contributed by atoms with Crippen LogP contribution < -0.4 is 10.2 Å². The Bertz CT molecular complexity index is 1370. The van der Waals surface area contributed by atoms with Crippen molar-refractivity contribution in [3.63, 3.8) is 0 Å². The van der Waals surface area contributed by atoms with Crippen LogP contribution in [-0.4, -0.2) is 94.0 Å². The van der Waals surface area contributed by atoms with Crippen molar-refractivity contribution in [2.75, 3.05) is 56.2 Å². The highest BCUT2D eigenvalue weighted by molar-refractivity contribution is 7.99. The molecule has 3 aliphatic heterocycles. The Hall–Kier alpha value is -3.36. The Labute approximate surface area is 226 Å². The number of fused-ring (bicyclic) bond motifs is 1. The molecule has 6 rings (SSSR count). The molecule has 1 amide bonds. The maximum atomic E-state index is 12.9. The van der Waals surface area contributed by atoms with Gasteiger partial charge in [0.15, 0.2) is 11.0 Å². The number of alkyl halides is 3. The normalized spacial score (nSPS) is 18.4. The highest BCUT2D eigenvalue weighted by atomic mass is 32.2. The molecule has 0 bridgehead atoms. The predicted molar refractivity (Wildman–Crippen MR) is 138 cm³/mol. The Morgan fingerprint density at radius 3 is 2.64 bits per heavy atom. The number of aromatic nitrogens is 4. The van der Waals surface area contributed by atoms with Gasteiger partial charge in [0.25, 0.3) is 5.91 Å². The number of anilines is 3. The van der Waals surface area contributed by atoms with Gasteiger partial charge in [0, 0.05) is 67.1 Å². The molecule has 2 saturated heterocycles. The van der Waals surface area contributed by atoms with Crippen LogP contribution in [0.2, 0.25) is 0 Å². The van der Waals surface area contributed by atoms with Crippen LogP contribution in [0.1, 0.15) is 21.6 Å². The molecular weight excluding hydrogens is 533 g/mol. The first-order valence-corrected chi connectivity index (χ1v) is 13.4. The topological polar surface area (TPSA) is 103 Å². The molecule has 0 aliphatic carbocycles. The van der Waals surface area contributed by atoms with Gasteiger partial charge >= 0.3 is 6.18 Å². The van der Waals surface area contributed by atoms with Gasteiger partial charge in [-0.1, -0.05) is 0 Å². The molecule has 5 heterocycles. The molecule has 0 radical (unpaired) electrons. The van der Waals surface area contributed by atoms with Crippen LogP contribution >= 0.6 is 11.8 Å². The van der Waals surface area contributed by atoms with Crippen molar-refractivity contribution in [2.24, 2.45) is 0 Å². The van der Waals surface area contributed by atoms with E-state index in [1.165, 1.54) is 11.8 Å². The van der Waals surface area contributed by atoms with Crippen molar-refractivity contribution in [3.05, 3.63) is 47.2 Å². The van der Waals surface area contributed by atoms with Crippen molar-refractivity contribution >= 4 is 35.1 Å². The van der Waals surface area contributed by atoms with Crippen molar-refractivity contribution in [1.29, 1.82) is 0 Å². The van der Waals surface area contributed by atoms with Gasteiger partial charge in [-0.2, -0.15) is 18.3 Å². The van der Waals surface area contributed by atoms with Crippen molar-refractivity contribution in [1.82, 2.24) is 30.0 Å². The number of rotatable bonds is 7. The van der Waals surface area contributed by atoms with Gasteiger partial charge in [0.05, 0.1) is 13.2 Å². The lowest BCUT2D eigenvalue weighted by Crippen LogP contribution is -2.61. The zero-order valence-corrected chi connectivity index (χ0v) is 22.0. The predicted octanol–water partition coefficient (Wildman–Crippen LogP) is 3.44. The lowest BCUT2D eigenvalue weighted by Gasteiger charge is -2.47. The van der Waals surface area contributed by atoms with E-state index in [-0.39, 0.29) is 6.54 Å². The third-order valence-corrected chi connectivity index (χ3v) is 7.79. The molecule has 206 valence electrons. The maximum absolute atomic E-state index is 12.9. The van der Waals surface area contributed by atoms with E-state index in [0.29, 0.717) is 34.0 Å². The number of amides is 1. The third-order valence-electron chi connectivity index (χ3n) is 6.94. The number of halogens is 3. The van der Waals surface area contributed by atoms with E-state index in [2.05, 4.69) is 30.3 Å². The second-order valence-corrected chi connectivity index (χ2v) is 10.9. The molecule has 14 heteroatoms. The van der Waals surface area contributed by atoms with Gasteiger partial charge in [-0.05, 0) is 42.4 Å². The first-order chi connectivity index (χ1) is 18.7. The highest BCUT2D eigenvalue weighted by Gasteiger charge is 2.37. The largest absolute Gasteiger partial charge is 0.406 e. The zero-order chi connectivity index (χ0) is 27.1. The number of aromatic amines is 1. The summed E-state index contributed by atoms with van der Waals surface area (Å²) in [6, 6.07) is 9.24. The first kappa shape index (κ1) is 25.9. The number of aryl methyl sites for hydroxylation is 1. The van der Waals surface area contributed by atoms with Crippen molar-refractivity contribution < 1.29 is 22.7 Å². The lowest BCUT2D eigenvalue weighted by atomic mass is 10.1. The minimum Gasteiger partial charge on any atom is -0.379 e. The van der Waals surface area contributed by atoms with Crippen molar-refractivity contribution in [2.45, 2.75) is 35.7 Å². The van der Waals surface area contributed by atoms with E-state index in [4.69, 9.17) is 9.72 Å². The van der Waals surface area contributed by atoms with Gasteiger partial charge in [0.1, 0.15) is 18.2 Å². The molecule has 0 unspecified atom stereocenters. The van der Waals surface area contributed by atoms with Crippen LogP contribution in [0, 0.1) is 6.92 Å². The second-order valence-electron chi connectivity index (χ2n) is 9.86. The van der Waals surface area contributed by atoms with E-state index in [9.17, 15) is 18.0 Å². The SMILES string of the molecule is Cc1cc(Nc2cc(N3CC(N4CCOCC4)C3)nc(Sc3ccc4c(c3)CN(CC(F)(F)F)C4=O)n2)n[nH]1. The maximum Gasteiger partial charge on any atom is 0.406 e. The minimum absolute atomic E-state index is 0.0784. The molecule has 39 heavy (non-hydrogen) atoms. The first-order valence-electron chi connectivity index (χ1n) is 12.6. The standard InChI is InChI=1S/C25H27F3N8O2S/c1-15-8-21(33-32-15)29-20-10-22(35-12-17(13-35)34-4-6-38-7-5-34)31-24(30-20)39-18-2-3-19-16(9-18)11-36(23(19)37)14-25(26,27)28/h2-3,8-10,17H,4-7,11-14H2,1H3,(H2,29,30,31,32,33). The number of carbonyl (C=O) groups excluding carboxylic acids is 1. The van der Waals surface area contributed by atoms with Crippen LogP contribution in [0.3, 0.4) is 0 Å². The van der Waals surface area contributed by atoms with E-state index < -0.39 is 18.6 Å². The fourth-order valence-corrected chi connectivity index (χ4v) is 5.82. The number of nitrogens with zero attached hydrogens (tertiary/aromatic N) is 6. The van der Waals surface area contributed by atoms with Gasteiger partial charge in [-0.25, -0.2) is 9.97 Å². The van der Waals surface area contributed by atoms with Gasteiger partial charge in [0.2, 0.25) is 0 Å². The Kier molecular flexibility index (Phi) is 6.85. The summed E-state index contributed by atoms with van der Waals surface area (Å²) < 4.78 is 44.2. The second kappa shape index (κ2) is 10.3. The summed E-state index contributed by atoms with van der Waals surface area (Å²) in [5, 5.41) is 10.8. The summed E-state index contributed by atoms with van der Waals surface area (Å²) in [6.45, 7) is 5.61. The summed E-state index contributed by atoms with van der Waals surface area (Å²) in [6.07, 6.45) is -4.45. The Morgan fingerprint density at radius 1 is 1.13 bits per heavy atom. The molecular formula is C25H27F3N8O2S. The number of carbonyl (C=O) groups is 1. The third kappa shape index (κ3) is 5.82. The number of hydrogen-bond acceptors (Lipinski definition) is 9. The molecule has 0 spiro atoms. The molecule has 10 nitrogen and oxygen atoms in total. The summed E-state index contributed by atoms with van der Waals surface area (Å²) >= 11 is 1.30. The highest BCUT2D eigenvalue weighted by Crippen LogP contribution is 2.34. The van der Waals surface area contributed by atoms with Gasteiger partial charge in [-0.15, -0.1) is 0 Å². The monoisotopic (exact) mass is 560 g/mol. The molecule has 3 aliphatic rings. The number of morpholine rings is 1. The summed E-state index contributed by atoms with van der Waals surface area (Å²) in [5.41, 5.74) is 1.76. The van der Waals surface area contributed by atoms with Crippen molar-refractivity contribution in [3.8, 4) is 0 Å². The number of ether oxygens (including phenoxy) is 1. The van der Waals surface area contributed by atoms with Crippen LogP contribution in [-0.2, 0) is 11.3 Å². The summed E-state index contributed by atoms with van der Waals surface area (Å²) in [5.74, 6) is 1.38. The van der Waals surface area contributed by atoms with E-state index in [1.54, 1.807) is 18.2 Å². The molecule has 2 N–H and O–H groups in total. The molecule has 3 aromatic rings. The lowest BCUT2D eigenvalue weighted by molar-refractivity contribution is -0.140. The number of benzene rings is 1. The van der Waals surface area contributed by atoms with E-state index in [1.807, 2.05) is 19.1 Å². The van der Waals surface area contributed by atoms with E-state index >= 15 is 0 Å². The van der Waals surface area contributed by atoms with Crippen LogP contribution in [0.25, 0.3) is 0 Å². The number of nitrogens with one attached hydrogen (secondary N) is 2. The number of hydrogen-bond donors (Lipinski definition) is 2. The Morgan fingerprint density at radius 2 is 1.92 bits per heavy atom. The van der Waals surface area contributed by atoms with Gasteiger partial charge in [-0.3, -0.25) is 14.8 Å². The van der Waals surface area contributed by atoms with Crippen LogP contribution in [0.4, 0.5) is 30.6 Å². The van der Waals surface area contributed by atoms with E-state index in [0.717, 1.165) is 60.7 Å². The smallest absolute Gasteiger partial charge is 0.379 e. The molecule has 0 atom stereocenters. The molecule has 0 saturated carbocycles.